The molecule has 1 aliphatic carbocycles. The van der Waals surface area contributed by atoms with Crippen LogP contribution in [0.5, 0.6) is 0 Å². The third kappa shape index (κ3) is 2.66. The van der Waals surface area contributed by atoms with Crippen molar-refractivity contribution < 1.29 is 0 Å². The molecule has 1 heterocycles. The van der Waals surface area contributed by atoms with E-state index in [-0.39, 0.29) is 0 Å². The second-order valence-electron chi connectivity index (χ2n) is 4.84. The van der Waals surface area contributed by atoms with Crippen LogP contribution in [-0.2, 0) is 0 Å². The average Bonchev–Trinajstić information content (AvgIpc) is 2.53. The minimum Gasteiger partial charge on any atom is -0.316 e. The van der Waals surface area contributed by atoms with Crippen molar-refractivity contribution in [2.45, 2.75) is 56.2 Å². The largest absolute Gasteiger partial charge is 0.316 e. The zero-order valence-electron chi connectivity index (χ0n) is 9.30. The molecule has 1 saturated carbocycles. The molecule has 0 aromatic rings. The van der Waals surface area contributed by atoms with Crippen LogP contribution in [0.1, 0.15) is 44.9 Å². The highest BCUT2D eigenvalue weighted by Crippen LogP contribution is 2.38. The SMILES string of the molecule is CNC1CSC(C2CCCCCC2)C1. The second-order valence-corrected chi connectivity index (χ2v) is 6.12. The summed E-state index contributed by atoms with van der Waals surface area (Å²) in [7, 11) is 2.11. The Balaban J connectivity index is 1.82. The van der Waals surface area contributed by atoms with Gasteiger partial charge in [-0.2, -0.15) is 11.8 Å². The number of thioether (sulfide) groups is 1. The van der Waals surface area contributed by atoms with Gasteiger partial charge in [-0.3, -0.25) is 0 Å². The Morgan fingerprint density at radius 3 is 2.36 bits per heavy atom. The predicted octanol–water partition coefficient (Wildman–Crippen LogP) is 3.05. The molecular formula is C12H23NS. The summed E-state index contributed by atoms with van der Waals surface area (Å²) in [5.74, 6) is 2.39. The lowest BCUT2D eigenvalue weighted by Crippen LogP contribution is -2.26. The van der Waals surface area contributed by atoms with Crippen LogP contribution in [0, 0.1) is 5.92 Å². The van der Waals surface area contributed by atoms with Crippen molar-refractivity contribution in [2.24, 2.45) is 5.92 Å². The lowest BCUT2D eigenvalue weighted by molar-refractivity contribution is 0.415. The number of hydrogen-bond acceptors (Lipinski definition) is 2. The molecular weight excluding hydrogens is 190 g/mol. The summed E-state index contributed by atoms with van der Waals surface area (Å²) in [5, 5.41) is 4.41. The van der Waals surface area contributed by atoms with E-state index in [1.54, 1.807) is 0 Å². The van der Waals surface area contributed by atoms with Gasteiger partial charge in [-0.05, 0) is 32.2 Å². The van der Waals surface area contributed by atoms with E-state index in [9.17, 15) is 0 Å². The lowest BCUT2D eigenvalue weighted by Gasteiger charge is -2.21. The van der Waals surface area contributed by atoms with E-state index in [2.05, 4.69) is 24.1 Å². The van der Waals surface area contributed by atoms with Gasteiger partial charge in [0.2, 0.25) is 0 Å². The van der Waals surface area contributed by atoms with Gasteiger partial charge in [0.1, 0.15) is 0 Å². The molecule has 2 unspecified atom stereocenters. The van der Waals surface area contributed by atoms with Crippen LogP contribution < -0.4 is 5.32 Å². The van der Waals surface area contributed by atoms with Gasteiger partial charge in [-0.15, -0.1) is 0 Å². The molecule has 0 spiro atoms. The van der Waals surface area contributed by atoms with Crippen molar-refractivity contribution in [1.29, 1.82) is 0 Å². The molecule has 0 aromatic carbocycles. The van der Waals surface area contributed by atoms with Gasteiger partial charge >= 0.3 is 0 Å². The zero-order valence-corrected chi connectivity index (χ0v) is 10.1. The van der Waals surface area contributed by atoms with Crippen LogP contribution >= 0.6 is 11.8 Å². The summed E-state index contributed by atoms with van der Waals surface area (Å²) < 4.78 is 0. The first-order valence-corrected chi connectivity index (χ1v) is 7.24. The molecule has 2 aliphatic rings. The molecule has 0 amide bonds. The second kappa shape index (κ2) is 5.41. The maximum atomic E-state index is 3.43. The molecule has 14 heavy (non-hydrogen) atoms. The van der Waals surface area contributed by atoms with Gasteiger partial charge in [-0.1, -0.05) is 25.7 Å². The van der Waals surface area contributed by atoms with Gasteiger partial charge in [0, 0.05) is 17.0 Å². The minimum absolute atomic E-state index is 0.799. The monoisotopic (exact) mass is 213 g/mol. The van der Waals surface area contributed by atoms with Crippen LogP contribution in [0.3, 0.4) is 0 Å². The van der Waals surface area contributed by atoms with Gasteiger partial charge in [0.15, 0.2) is 0 Å². The Morgan fingerprint density at radius 1 is 1.07 bits per heavy atom. The average molecular weight is 213 g/mol. The Kier molecular flexibility index (Phi) is 4.18. The first-order chi connectivity index (χ1) is 6.90. The molecule has 2 rings (SSSR count). The molecule has 1 nitrogen and oxygen atoms in total. The Bertz CT molecular complexity index is 164. The number of rotatable bonds is 2. The van der Waals surface area contributed by atoms with Gasteiger partial charge in [0.05, 0.1) is 0 Å². The van der Waals surface area contributed by atoms with Crippen LogP contribution in [-0.4, -0.2) is 24.1 Å². The fourth-order valence-electron chi connectivity index (χ4n) is 2.87. The zero-order chi connectivity index (χ0) is 9.80. The number of nitrogens with one attached hydrogen (secondary N) is 1. The van der Waals surface area contributed by atoms with Crippen molar-refractivity contribution in [2.75, 3.05) is 12.8 Å². The van der Waals surface area contributed by atoms with Crippen LogP contribution in [0.15, 0.2) is 0 Å². The van der Waals surface area contributed by atoms with Gasteiger partial charge < -0.3 is 5.32 Å². The molecule has 2 heteroatoms. The third-order valence-electron chi connectivity index (χ3n) is 3.86. The highest BCUT2D eigenvalue weighted by atomic mass is 32.2. The maximum absolute atomic E-state index is 3.43. The first-order valence-electron chi connectivity index (χ1n) is 6.19. The minimum atomic E-state index is 0.799. The van der Waals surface area contributed by atoms with E-state index < -0.39 is 0 Å². The summed E-state index contributed by atoms with van der Waals surface area (Å²) in [6, 6.07) is 0.799. The topological polar surface area (TPSA) is 12.0 Å². The van der Waals surface area contributed by atoms with Crippen LogP contribution in [0.25, 0.3) is 0 Å². The fraction of sp³-hybridized carbons (Fsp3) is 1.00. The van der Waals surface area contributed by atoms with Crippen molar-refractivity contribution in [3.8, 4) is 0 Å². The molecule has 2 fully saturated rings. The smallest absolute Gasteiger partial charge is 0.0165 e. The molecule has 0 aromatic heterocycles. The highest BCUT2D eigenvalue weighted by molar-refractivity contribution is 8.00. The molecule has 82 valence electrons. The molecule has 2 atom stereocenters. The Labute approximate surface area is 92.4 Å². The van der Waals surface area contributed by atoms with E-state index in [4.69, 9.17) is 0 Å². The molecule has 1 N–H and O–H groups in total. The summed E-state index contributed by atoms with van der Waals surface area (Å²) in [5.41, 5.74) is 0. The lowest BCUT2D eigenvalue weighted by atomic mass is 9.93. The molecule has 1 aliphatic heterocycles. The molecule has 0 radical (unpaired) electrons. The summed E-state index contributed by atoms with van der Waals surface area (Å²) in [6.07, 6.45) is 10.4. The maximum Gasteiger partial charge on any atom is 0.0165 e. The van der Waals surface area contributed by atoms with E-state index in [0.717, 1.165) is 17.2 Å². The summed E-state index contributed by atoms with van der Waals surface area (Å²) >= 11 is 2.23. The fourth-order valence-corrected chi connectivity index (χ4v) is 4.56. The van der Waals surface area contributed by atoms with Crippen LogP contribution in [0.4, 0.5) is 0 Å². The van der Waals surface area contributed by atoms with E-state index in [1.165, 1.54) is 50.7 Å². The molecule has 0 bridgehead atoms. The Morgan fingerprint density at radius 2 is 1.79 bits per heavy atom. The highest BCUT2D eigenvalue weighted by Gasteiger charge is 2.30. The van der Waals surface area contributed by atoms with Gasteiger partial charge in [-0.25, -0.2) is 0 Å². The normalized spacial score (nSPS) is 35.8. The predicted molar refractivity (Wildman–Crippen MR) is 64.9 cm³/mol. The van der Waals surface area contributed by atoms with Gasteiger partial charge in [0.25, 0.3) is 0 Å². The van der Waals surface area contributed by atoms with Crippen molar-refractivity contribution in [3.63, 3.8) is 0 Å². The summed E-state index contributed by atoms with van der Waals surface area (Å²) in [6.45, 7) is 0. The quantitative estimate of drug-likeness (QED) is 0.708. The van der Waals surface area contributed by atoms with E-state index in [0.29, 0.717) is 0 Å². The van der Waals surface area contributed by atoms with E-state index >= 15 is 0 Å². The molecule has 1 saturated heterocycles. The van der Waals surface area contributed by atoms with Crippen molar-refractivity contribution >= 4 is 11.8 Å². The number of hydrogen-bond donors (Lipinski definition) is 1. The van der Waals surface area contributed by atoms with Crippen molar-refractivity contribution in [3.05, 3.63) is 0 Å². The first kappa shape index (κ1) is 10.8. The Hall–Kier alpha value is 0.310. The van der Waals surface area contributed by atoms with Crippen LogP contribution in [0.2, 0.25) is 0 Å². The summed E-state index contributed by atoms with van der Waals surface area (Å²) in [4.78, 5) is 0. The van der Waals surface area contributed by atoms with E-state index in [1.807, 2.05) is 0 Å². The van der Waals surface area contributed by atoms with Crippen molar-refractivity contribution in [1.82, 2.24) is 5.32 Å². The third-order valence-corrected chi connectivity index (χ3v) is 5.46. The standard InChI is InChI=1S/C12H23NS/c1-13-11-8-12(14-9-11)10-6-4-2-3-5-7-10/h10-13H,2-9H2,1H3.